The third-order valence-corrected chi connectivity index (χ3v) is 5.39. The topological polar surface area (TPSA) is 26.0 Å². The van der Waals surface area contributed by atoms with Gasteiger partial charge in [-0.15, -0.1) is 11.3 Å². The molecule has 104 valence electrons. The molecule has 1 aliphatic carbocycles. The molecule has 0 aliphatic heterocycles. The van der Waals surface area contributed by atoms with Crippen LogP contribution in [-0.2, 0) is 0 Å². The van der Waals surface area contributed by atoms with E-state index in [1.165, 1.54) is 25.7 Å². The molecule has 21 heavy (non-hydrogen) atoms. The van der Waals surface area contributed by atoms with Gasteiger partial charge in [0.05, 0.1) is 10.4 Å². The molecule has 4 rings (SSSR count). The third kappa shape index (κ3) is 1.98. The van der Waals surface area contributed by atoms with Crippen LogP contribution in [0.15, 0.2) is 54.6 Å². The highest BCUT2D eigenvalue weighted by molar-refractivity contribution is 7.26. The summed E-state index contributed by atoms with van der Waals surface area (Å²) >= 11 is 1.79. The minimum absolute atomic E-state index is 0.586. The highest BCUT2D eigenvalue weighted by atomic mass is 32.1. The lowest BCUT2D eigenvalue weighted by Gasteiger charge is -2.14. The smallest absolute Gasteiger partial charge is 0.0591 e. The Morgan fingerprint density at radius 2 is 1.95 bits per heavy atom. The van der Waals surface area contributed by atoms with Crippen molar-refractivity contribution < 1.29 is 0 Å². The van der Waals surface area contributed by atoms with Crippen LogP contribution < -0.4 is 5.73 Å². The van der Waals surface area contributed by atoms with Crippen molar-refractivity contribution >= 4 is 42.8 Å². The standard InChI is InChI=1S/C19H17NS/c1-12-5-4-6-13(11-12)14-9-10-16-15-7-2-3-8-17(15)21-19(16)18(14)20/h2-4,6-12H,5,20H2,1H3/t12-/m0/s1. The molecule has 2 heteroatoms. The van der Waals surface area contributed by atoms with Crippen LogP contribution in [0.2, 0.25) is 0 Å². The molecule has 0 bridgehead atoms. The van der Waals surface area contributed by atoms with Gasteiger partial charge in [-0.3, -0.25) is 0 Å². The summed E-state index contributed by atoms with van der Waals surface area (Å²) < 4.78 is 2.51. The Morgan fingerprint density at radius 1 is 1.10 bits per heavy atom. The van der Waals surface area contributed by atoms with E-state index in [2.05, 4.69) is 61.5 Å². The van der Waals surface area contributed by atoms with Gasteiger partial charge in [-0.1, -0.05) is 55.5 Å². The fourth-order valence-electron chi connectivity index (χ4n) is 3.08. The Bertz CT molecular complexity index is 898. The molecule has 0 amide bonds. The molecule has 1 aromatic heterocycles. The van der Waals surface area contributed by atoms with E-state index in [1.54, 1.807) is 11.3 Å². The van der Waals surface area contributed by atoms with Gasteiger partial charge in [0, 0.05) is 21.0 Å². The fraction of sp³-hybridized carbons (Fsp3) is 0.158. The molecule has 1 nitrogen and oxygen atoms in total. The Morgan fingerprint density at radius 3 is 2.81 bits per heavy atom. The average Bonchev–Trinajstić information content (AvgIpc) is 2.87. The number of hydrogen-bond donors (Lipinski definition) is 1. The first-order valence-corrected chi connectivity index (χ1v) is 8.14. The third-order valence-electron chi connectivity index (χ3n) is 4.17. The first-order valence-electron chi connectivity index (χ1n) is 7.32. The van der Waals surface area contributed by atoms with Crippen LogP contribution >= 0.6 is 11.3 Å². The number of allylic oxidation sites excluding steroid dienone is 4. The number of hydrogen-bond acceptors (Lipinski definition) is 2. The van der Waals surface area contributed by atoms with Crippen molar-refractivity contribution in [3.05, 3.63) is 60.2 Å². The highest BCUT2D eigenvalue weighted by Gasteiger charge is 2.14. The summed E-state index contributed by atoms with van der Waals surface area (Å²) in [6.07, 6.45) is 7.89. The van der Waals surface area contributed by atoms with Gasteiger partial charge >= 0.3 is 0 Å². The molecule has 0 radical (unpaired) electrons. The predicted octanol–water partition coefficient (Wildman–Crippen LogP) is 5.62. The second-order valence-electron chi connectivity index (χ2n) is 5.74. The largest absolute Gasteiger partial charge is 0.397 e. The van der Waals surface area contributed by atoms with Crippen LogP contribution in [0.5, 0.6) is 0 Å². The summed E-state index contributed by atoms with van der Waals surface area (Å²) in [5, 5.41) is 2.57. The average molecular weight is 291 g/mol. The molecular weight excluding hydrogens is 274 g/mol. The zero-order valence-electron chi connectivity index (χ0n) is 12.0. The van der Waals surface area contributed by atoms with Gasteiger partial charge < -0.3 is 5.73 Å². The maximum absolute atomic E-state index is 6.49. The molecule has 3 aromatic rings. The number of nitrogen functional groups attached to an aromatic ring is 1. The van der Waals surface area contributed by atoms with Gasteiger partial charge in [0.2, 0.25) is 0 Å². The maximum Gasteiger partial charge on any atom is 0.0591 e. The molecule has 0 unspecified atom stereocenters. The van der Waals surface area contributed by atoms with Crippen LogP contribution in [0, 0.1) is 5.92 Å². The quantitative estimate of drug-likeness (QED) is 0.579. The zero-order chi connectivity index (χ0) is 14.4. The highest BCUT2D eigenvalue weighted by Crippen LogP contribution is 2.41. The van der Waals surface area contributed by atoms with E-state index >= 15 is 0 Å². The zero-order valence-corrected chi connectivity index (χ0v) is 12.8. The minimum atomic E-state index is 0.586. The Balaban J connectivity index is 1.98. The first-order chi connectivity index (χ1) is 10.2. The molecule has 1 aliphatic rings. The monoisotopic (exact) mass is 291 g/mol. The second-order valence-corrected chi connectivity index (χ2v) is 6.79. The van der Waals surface area contributed by atoms with Gasteiger partial charge in [0.1, 0.15) is 0 Å². The Labute approximate surface area is 128 Å². The van der Waals surface area contributed by atoms with E-state index in [4.69, 9.17) is 5.73 Å². The molecule has 1 atom stereocenters. The number of anilines is 1. The number of thiophene rings is 1. The lowest BCUT2D eigenvalue weighted by Crippen LogP contribution is -1.98. The van der Waals surface area contributed by atoms with Crippen molar-refractivity contribution in [2.24, 2.45) is 5.92 Å². The Hall–Kier alpha value is -2.06. The number of rotatable bonds is 1. The molecule has 0 saturated heterocycles. The van der Waals surface area contributed by atoms with Crippen molar-refractivity contribution in [2.75, 3.05) is 5.73 Å². The van der Waals surface area contributed by atoms with E-state index in [9.17, 15) is 0 Å². The van der Waals surface area contributed by atoms with Crippen LogP contribution in [0.1, 0.15) is 18.9 Å². The van der Waals surface area contributed by atoms with Crippen molar-refractivity contribution in [1.82, 2.24) is 0 Å². The van der Waals surface area contributed by atoms with E-state index in [1.807, 2.05) is 0 Å². The second kappa shape index (κ2) is 4.74. The predicted molar refractivity (Wildman–Crippen MR) is 94.6 cm³/mol. The van der Waals surface area contributed by atoms with Crippen molar-refractivity contribution in [2.45, 2.75) is 13.3 Å². The lowest BCUT2D eigenvalue weighted by atomic mass is 9.92. The van der Waals surface area contributed by atoms with Gasteiger partial charge in [0.25, 0.3) is 0 Å². The van der Waals surface area contributed by atoms with Gasteiger partial charge in [-0.25, -0.2) is 0 Å². The molecule has 0 saturated carbocycles. The van der Waals surface area contributed by atoms with E-state index in [0.717, 1.165) is 17.7 Å². The number of fused-ring (bicyclic) bond motifs is 3. The van der Waals surface area contributed by atoms with Crippen LogP contribution in [0.3, 0.4) is 0 Å². The van der Waals surface area contributed by atoms with Crippen LogP contribution in [-0.4, -0.2) is 0 Å². The summed E-state index contributed by atoms with van der Waals surface area (Å²) in [6, 6.07) is 12.9. The van der Waals surface area contributed by atoms with Crippen molar-refractivity contribution in [3.63, 3.8) is 0 Å². The van der Waals surface area contributed by atoms with Gasteiger partial charge in [-0.05, 0) is 24.0 Å². The van der Waals surface area contributed by atoms with Gasteiger partial charge in [0.15, 0.2) is 0 Å². The fourth-order valence-corrected chi connectivity index (χ4v) is 4.24. The molecule has 0 fully saturated rings. The van der Waals surface area contributed by atoms with Crippen molar-refractivity contribution in [1.29, 1.82) is 0 Å². The molecule has 1 heterocycles. The number of benzene rings is 2. The Kier molecular flexibility index (Phi) is 2.86. The maximum atomic E-state index is 6.49. The molecule has 2 N–H and O–H groups in total. The molecular formula is C19H17NS. The van der Waals surface area contributed by atoms with E-state index in [-0.39, 0.29) is 0 Å². The molecule has 0 spiro atoms. The summed E-state index contributed by atoms with van der Waals surface area (Å²) in [7, 11) is 0. The first kappa shape index (κ1) is 12.7. The van der Waals surface area contributed by atoms with E-state index in [0.29, 0.717) is 5.92 Å². The van der Waals surface area contributed by atoms with E-state index < -0.39 is 0 Å². The minimum Gasteiger partial charge on any atom is -0.397 e. The summed E-state index contributed by atoms with van der Waals surface area (Å²) in [6.45, 7) is 2.25. The molecule has 2 aromatic carbocycles. The van der Waals surface area contributed by atoms with Crippen molar-refractivity contribution in [3.8, 4) is 0 Å². The van der Waals surface area contributed by atoms with Crippen LogP contribution in [0.4, 0.5) is 5.69 Å². The lowest BCUT2D eigenvalue weighted by molar-refractivity contribution is 0.740. The van der Waals surface area contributed by atoms with Gasteiger partial charge in [-0.2, -0.15) is 0 Å². The summed E-state index contributed by atoms with van der Waals surface area (Å²) in [4.78, 5) is 0. The number of nitrogens with two attached hydrogens (primary N) is 1. The normalized spacial score (nSPS) is 18.3. The van der Waals surface area contributed by atoms with Crippen LogP contribution in [0.25, 0.3) is 25.7 Å². The summed E-state index contributed by atoms with van der Waals surface area (Å²) in [5.74, 6) is 0.586. The summed E-state index contributed by atoms with van der Waals surface area (Å²) in [5.41, 5.74) is 9.83. The SMILES string of the molecule is C[C@@H]1C=C(c2ccc3c(sc4ccccc43)c2N)C=CC1.